The Kier molecular flexibility index (Phi) is 2.94. The number of nitrogens with one attached hydrogen (secondary N) is 2. The lowest BCUT2D eigenvalue weighted by molar-refractivity contribution is -0.122. The summed E-state index contributed by atoms with van der Waals surface area (Å²) in [5, 5.41) is 10.2. The molecule has 1 aromatic rings. The number of aromatic nitrogens is 3. The number of carbonyl (C=O) groups excluding carboxylic acids is 1. The van der Waals surface area contributed by atoms with Gasteiger partial charge in [0, 0.05) is 24.9 Å². The molecule has 1 heterocycles. The predicted octanol–water partition coefficient (Wildman–Crippen LogP) is 1.98. The van der Waals surface area contributed by atoms with Crippen molar-refractivity contribution in [3.63, 3.8) is 0 Å². The topological polar surface area (TPSA) is 62.7 Å². The molecule has 0 spiro atoms. The van der Waals surface area contributed by atoms with Gasteiger partial charge in [-0.05, 0) is 56.2 Å². The molecular formula is C14H20N4OS. The second kappa shape index (κ2) is 4.69. The van der Waals surface area contributed by atoms with Crippen LogP contribution in [0.4, 0.5) is 0 Å². The van der Waals surface area contributed by atoms with Crippen LogP contribution in [0.15, 0.2) is 0 Å². The number of nitrogens with zero attached hydrogens (tertiary/aromatic N) is 2. The first-order valence-electron chi connectivity index (χ1n) is 7.67. The van der Waals surface area contributed by atoms with Crippen molar-refractivity contribution in [3.8, 4) is 0 Å². The normalized spacial score (nSPS) is 28.4. The molecule has 0 bridgehead atoms. The second-order valence-electron chi connectivity index (χ2n) is 6.45. The van der Waals surface area contributed by atoms with E-state index in [2.05, 4.69) is 15.5 Å². The van der Waals surface area contributed by atoms with Gasteiger partial charge in [0.15, 0.2) is 4.77 Å². The van der Waals surface area contributed by atoms with E-state index in [0.717, 1.165) is 24.7 Å². The van der Waals surface area contributed by atoms with E-state index >= 15 is 0 Å². The molecule has 4 rings (SSSR count). The first kappa shape index (κ1) is 12.6. The third-order valence-electron chi connectivity index (χ3n) is 4.77. The van der Waals surface area contributed by atoms with Crippen LogP contribution < -0.4 is 5.32 Å². The summed E-state index contributed by atoms with van der Waals surface area (Å²) in [6, 6.07) is 0. The van der Waals surface area contributed by atoms with E-state index in [9.17, 15) is 4.79 Å². The monoisotopic (exact) mass is 292 g/mol. The van der Waals surface area contributed by atoms with Crippen LogP contribution in [-0.4, -0.2) is 27.2 Å². The van der Waals surface area contributed by atoms with Crippen molar-refractivity contribution in [2.24, 2.45) is 17.8 Å². The summed E-state index contributed by atoms with van der Waals surface area (Å²) in [6.07, 6.45) is 6.19. The van der Waals surface area contributed by atoms with Crippen LogP contribution in [-0.2, 0) is 11.3 Å². The first-order valence-corrected chi connectivity index (χ1v) is 8.07. The lowest BCUT2D eigenvalue weighted by Crippen LogP contribution is -2.29. The molecular weight excluding hydrogens is 272 g/mol. The van der Waals surface area contributed by atoms with Gasteiger partial charge in [-0.3, -0.25) is 9.89 Å². The Hall–Kier alpha value is -1.17. The van der Waals surface area contributed by atoms with Crippen LogP contribution in [0.25, 0.3) is 0 Å². The van der Waals surface area contributed by atoms with Crippen LogP contribution in [0.1, 0.15) is 43.8 Å². The van der Waals surface area contributed by atoms with Gasteiger partial charge < -0.3 is 9.88 Å². The molecule has 0 unspecified atom stereocenters. The molecule has 1 amide bonds. The van der Waals surface area contributed by atoms with E-state index in [-0.39, 0.29) is 5.91 Å². The minimum absolute atomic E-state index is 0.241. The van der Waals surface area contributed by atoms with Gasteiger partial charge in [-0.25, -0.2) is 0 Å². The quantitative estimate of drug-likeness (QED) is 0.788. The Morgan fingerprint density at radius 2 is 2.20 bits per heavy atom. The number of amides is 1. The van der Waals surface area contributed by atoms with Crippen molar-refractivity contribution >= 4 is 18.1 Å². The van der Waals surface area contributed by atoms with Gasteiger partial charge in [0.2, 0.25) is 5.91 Å². The molecule has 3 fully saturated rings. The number of H-pyrrole nitrogens is 1. The minimum Gasteiger partial charge on any atom is -0.354 e. The lowest BCUT2D eigenvalue weighted by Gasteiger charge is -2.08. The van der Waals surface area contributed by atoms with Gasteiger partial charge >= 0.3 is 0 Å². The van der Waals surface area contributed by atoms with Gasteiger partial charge in [0.25, 0.3) is 0 Å². The van der Waals surface area contributed by atoms with Crippen LogP contribution in [0.3, 0.4) is 0 Å². The molecule has 6 heteroatoms. The molecule has 0 aliphatic heterocycles. The van der Waals surface area contributed by atoms with Gasteiger partial charge in [0.05, 0.1) is 0 Å². The van der Waals surface area contributed by atoms with E-state index in [0.29, 0.717) is 29.1 Å². The number of rotatable bonds is 6. The summed E-state index contributed by atoms with van der Waals surface area (Å²) in [5.41, 5.74) is 0. The number of aromatic amines is 1. The zero-order chi connectivity index (χ0) is 13.7. The zero-order valence-electron chi connectivity index (χ0n) is 11.5. The smallest absolute Gasteiger partial charge is 0.223 e. The first-order chi connectivity index (χ1) is 9.74. The van der Waals surface area contributed by atoms with Crippen LogP contribution in [0, 0.1) is 22.5 Å². The highest BCUT2D eigenvalue weighted by Gasteiger charge is 2.50. The Morgan fingerprint density at radius 1 is 1.40 bits per heavy atom. The van der Waals surface area contributed by atoms with E-state index < -0.39 is 0 Å². The van der Waals surface area contributed by atoms with Gasteiger partial charge in [-0.15, -0.1) is 0 Å². The molecule has 3 aliphatic rings. The Morgan fingerprint density at radius 3 is 2.90 bits per heavy atom. The van der Waals surface area contributed by atoms with Crippen molar-refractivity contribution in [2.75, 3.05) is 6.54 Å². The fourth-order valence-corrected chi connectivity index (χ4v) is 3.41. The molecule has 3 saturated carbocycles. The lowest BCUT2D eigenvalue weighted by atomic mass is 10.2. The Labute approximate surface area is 123 Å². The third-order valence-corrected chi connectivity index (χ3v) is 5.08. The summed E-state index contributed by atoms with van der Waals surface area (Å²) in [6.45, 7) is 1.38. The average molecular weight is 292 g/mol. The molecule has 5 nitrogen and oxygen atoms in total. The largest absolute Gasteiger partial charge is 0.354 e. The van der Waals surface area contributed by atoms with Crippen molar-refractivity contribution in [3.05, 3.63) is 10.6 Å². The van der Waals surface area contributed by atoms with Crippen molar-refractivity contribution in [1.82, 2.24) is 20.1 Å². The molecule has 3 aliphatic carbocycles. The molecule has 0 saturated heterocycles. The molecule has 0 radical (unpaired) electrons. The van der Waals surface area contributed by atoms with Crippen LogP contribution in [0.5, 0.6) is 0 Å². The molecule has 20 heavy (non-hydrogen) atoms. The summed E-state index contributed by atoms with van der Waals surface area (Å²) in [4.78, 5) is 12.0. The van der Waals surface area contributed by atoms with E-state index in [1.54, 1.807) is 0 Å². The highest BCUT2D eigenvalue weighted by Crippen LogP contribution is 2.54. The zero-order valence-corrected chi connectivity index (χ0v) is 12.3. The average Bonchev–Trinajstić information content (AvgIpc) is 3.29. The highest BCUT2D eigenvalue weighted by molar-refractivity contribution is 7.71. The van der Waals surface area contributed by atoms with Crippen molar-refractivity contribution in [1.29, 1.82) is 0 Å². The maximum atomic E-state index is 12.0. The SMILES string of the molecule is O=C(NCCn1c(C2CC2)n[nH]c1=S)[C@@H]1C[C@@H]1C1CC1. The number of hydrogen-bond acceptors (Lipinski definition) is 3. The maximum absolute atomic E-state index is 12.0. The number of hydrogen-bond donors (Lipinski definition) is 2. The molecule has 1 aromatic heterocycles. The van der Waals surface area contributed by atoms with Gasteiger partial charge in [-0.2, -0.15) is 5.10 Å². The fraction of sp³-hybridized carbons (Fsp3) is 0.786. The Bertz CT molecular complexity index is 584. The van der Waals surface area contributed by atoms with Crippen LogP contribution >= 0.6 is 12.2 Å². The summed E-state index contributed by atoms with van der Waals surface area (Å²) in [5.74, 6) is 3.71. The molecule has 108 valence electrons. The third kappa shape index (κ3) is 2.41. The fourth-order valence-electron chi connectivity index (χ4n) is 3.18. The van der Waals surface area contributed by atoms with Gasteiger partial charge in [-0.1, -0.05) is 0 Å². The van der Waals surface area contributed by atoms with Crippen molar-refractivity contribution < 1.29 is 4.79 Å². The van der Waals surface area contributed by atoms with E-state index in [1.165, 1.54) is 25.7 Å². The second-order valence-corrected chi connectivity index (χ2v) is 6.83. The van der Waals surface area contributed by atoms with Gasteiger partial charge in [0.1, 0.15) is 5.82 Å². The molecule has 2 atom stereocenters. The van der Waals surface area contributed by atoms with E-state index in [4.69, 9.17) is 12.2 Å². The molecule has 2 N–H and O–H groups in total. The Balaban J connectivity index is 1.29. The minimum atomic E-state index is 0.241. The molecule has 0 aromatic carbocycles. The summed E-state index contributed by atoms with van der Waals surface area (Å²) < 4.78 is 2.71. The number of carbonyl (C=O) groups is 1. The summed E-state index contributed by atoms with van der Waals surface area (Å²) >= 11 is 5.26. The maximum Gasteiger partial charge on any atom is 0.223 e. The standard InChI is InChI=1S/C14H20N4OS/c19-13(11-7-10(11)8-1-2-8)15-5-6-18-12(9-3-4-9)16-17-14(18)20/h8-11H,1-7H2,(H,15,19)(H,17,20)/t10-,11-/m1/s1. The summed E-state index contributed by atoms with van der Waals surface area (Å²) in [7, 11) is 0. The van der Waals surface area contributed by atoms with E-state index in [1.807, 2.05) is 4.57 Å². The van der Waals surface area contributed by atoms with Crippen LogP contribution in [0.2, 0.25) is 0 Å². The van der Waals surface area contributed by atoms with Crippen molar-refractivity contribution in [2.45, 2.75) is 44.6 Å². The highest BCUT2D eigenvalue weighted by atomic mass is 32.1. The predicted molar refractivity (Wildman–Crippen MR) is 76.7 cm³/mol.